The Morgan fingerprint density at radius 3 is 1.92 bits per heavy atom. The van der Waals surface area contributed by atoms with E-state index in [0.717, 1.165) is 22.3 Å². The molecule has 1 heterocycles. The van der Waals surface area contributed by atoms with Crippen molar-refractivity contribution in [1.82, 2.24) is 20.9 Å². The fraction of sp³-hybridized carbons (Fsp3) is 0.310. The maximum absolute atomic E-state index is 13.5. The molecule has 1 aliphatic rings. The predicted molar refractivity (Wildman–Crippen MR) is 199 cm³/mol. The number of benzene rings is 4. The van der Waals surface area contributed by atoms with Crippen LogP contribution in [-0.2, 0) is 27.3 Å². The number of carboxylic acid groups (broad SMARTS) is 1. The summed E-state index contributed by atoms with van der Waals surface area (Å²) in [7, 11) is 0. The maximum Gasteiger partial charge on any atom is 0.405 e. The Bertz CT molecular complexity index is 1760. The van der Waals surface area contributed by atoms with E-state index in [4.69, 9.17) is 0 Å². The summed E-state index contributed by atoms with van der Waals surface area (Å²) in [6, 6.07) is 34.8. The summed E-state index contributed by atoms with van der Waals surface area (Å²) >= 11 is 0. The molecule has 5 rings (SSSR count). The zero-order chi connectivity index (χ0) is 36.7. The molecule has 2 atom stereocenters. The molecule has 4 amide bonds. The highest BCUT2D eigenvalue weighted by atomic mass is 16.4. The molecule has 4 N–H and O–H groups in total. The van der Waals surface area contributed by atoms with Crippen LogP contribution in [0.3, 0.4) is 0 Å². The minimum Gasteiger partial charge on any atom is -0.465 e. The van der Waals surface area contributed by atoms with Gasteiger partial charge >= 0.3 is 6.09 Å². The van der Waals surface area contributed by atoms with Crippen LogP contribution in [-0.4, -0.2) is 64.8 Å². The van der Waals surface area contributed by atoms with Gasteiger partial charge < -0.3 is 26.0 Å². The molecule has 0 aliphatic carbocycles. The molecule has 10 nitrogen and oxygen atoms in total. The van der Waals surface area contributed by atoms with E-state index in [1.165, 1.54) is 0 Å². The normalized spacial score (nSPS) is 14.2. The molecule has 10 heteroatoms. The van der Waals surface area contributed by atoms with E-state index in [9.17, 15) is 29.1 Å². The number of hydrogen-bond donors (Lipinski definition) is 4. The molecular weight excluding hydrogens is 656 g/mol. The molecule has 270 valence electrons. The monoisotopic (exact) mass is 702 g/mol. The molecule has 0 aromatic heterocycles. The van der Waals surface area contributed by atoms with Gasteiger partial charge in [0.2, 0.25) is 17.7 Å². The van der Waals surface area contributed by atoms with Crippen molar-refractivity contribution in [2.45, 2.75) is 69.5 Å². The number of hydrogen-bond acceptors (Lipinski definition) is 5. The van der Waals surface area contributed by atoms with Crippen LogP contribution in [0.4, 0.5) is 4.79 Å². The Morgan fingerprint density at radius 2 is 1.29 bits per heavy atom. The lowest BCUT2D eigenvalue weighted by atomic mass is 9.91. The number of carbonyl (C=O) groups excluding carboxylic acids is 4. The summed E-state index contributed by atoms with van der Waals surface area (Å²) in [4.78, 5) is 66.0. The van der Waals surface area contributed by atoms with Crippen LogP contribution < -0.4 is 16.0 Å². The maximum atomic E-state index is 13.5. The summed E-state index contributed by atoms with van der Waals surface area (Å²) in [6.07, 6.45) is 1.11. The second kappa shape index (κ2) is 19.0. The lowest BCUT2D eigenvalue weighted by Crippen LogP contribution is -2.52. The minimum absolute atomic E-state index is 0.0199. The molecule has 2 unspecified atom stereocenters. The third kappa shape index (κ3) is 10.6. The van der Waals surface area contributed by atoms with Crippen LogP contribution in [0.25, 0.3) is 0 Å². The van der Waals surface area contributed by atoms with Crippen molar-refractivity contribution in [2.24, 2.45) is 0 Å². The van der Waals surface area contributed by atoms with Crippen molar-refractivity contribution in [3.63, 3.8) is 0 Å². The number of carbonyl (C=O) groups is 5. The first kappa shape index (κ1) is 37.5. The highest BCUT2D eigenvalue weighted by molar-refractivity contribution is 5.96. The largest absolute Gasteiger partial charge is 0.465 e. The topological polar surface area (TPSA) is 145 Å². The molecular formula is C42H46N4O6. The number of fused-ring (bicyclic) bond motifs is 1. The number of amides is 4. The summed E-state index contributed by atoms with van der Waals surface area (Å²) < 4.78 is 0. The highest BCUT2D eigenvalue weighted by Gasteiger charge is 2.34. The van der Waals surface area contributed by atoms with E-state index in [2.05, 4.69) is 16.0 Å². The Labute approximate surface area is 304 Å². The minimum atomic E-state index is -1.29. The molecule has 0 fully saturated rings. The van der Waals surface area contributed by atoms with Gasteiger partial charge in [-0.15, -0.1) is 0 Å². The first-order valence-corrected chi connectivity index (χ1v) is 17.9. The zero-order valence-electron chi connectivity index (χ0n) is 29.2. The standard InChI is InChI=1S/C42H46N4O6/c47-38(32-19-8-3-9-20-32)24-14-25-39(48)46-29-34-22-11-10-21-33(34)27-37(46)41(50)43-26-13-12-23-36(45-42(51)52)40(49)44-28-35(30-15-4-1-5-16-30)31-17-6-2-7-18-31/h1-11,15-22,35-37,45H,12-14,23-29H2,(H,43,50)(H,44,49)(H,51,52). The van der Waals surface area contributed by atoms with Gasteiger partial charge in [-0.25, -0.2) is 4.79 Å². The number of ketones is 1. The van der Waals surface area contributed by atoms with Crippen LogP contribution in [0.1, 0.15) is 77.1 Å². The van der Waals surface area contributed by atoms with E-state index >= 15 is 0 Å². The van der Waals surface area contributed by atoms with Gasteiger partial charge in [-0.3, -0.25) is 19.2 Å². The van der Waals surface area contributed by atoms with E-state index < -0.39 is 24.1 Å². The molecule has 52 heavy (non-hydrogen) atoms. The molecule has 4 aromatic carbocycles. The van der Waals surface area contributed by atoms with Gasteiger partial charge in [-0.1, -0.05) is 115 Å². The van der Waals surface area contributed by atoms with Crippen LogP contribution in [0.5, 0.6) is 0 Å². The van der Waals surface area contributed by atoms with E-state index in [0.29, 0.717) is 50.9 Å². The lowest BCUT2D eigenvalue weighted by Gasteiger charge is -2.36. The second-order valence-electron chi connectivity index (χ2n) is 13.1. The van der Waals surface area contributed by atoms with Gasteiger partial charge in [0.1, 0.15) is 12.1 Å². The van der Waals surface area contributed by atoms with Crippen molar-refractivity contribution in [3.8, 4) is 0 Å². The summed E-state index contributed by atoms with van der Waals surface area (Å²) in [6.45, 7) is 0.909. The van der Waals surface area contributed by atoms with Gasteiger partial charge in [-0.05, 0) is 47.9 Å². The molecule has 4 aromatic rings. The van der Waals surface area contributed by atoms with Gasteiger partial charge in [0.25, 0.3) is 0 Å². The van der Waals surface area contributed by atoms with E-state index in [1.807, 2.05) is 103 Å². The predicted octanol–water partition coefficient (Wildman–Crippen LogP) is 5.86. The quantitative estimate of drug-likeness (QED) is 0.0801. The van der Waals surface area contributed by atoms with Crippen LogP contribution >= 0.6 is 0 Å². The van der Waals surface area contributed by atoms with Crippen molar-refractivity contribution in [3.05, 3.63) is 143 Å². The number of nitrogens with zero attached hydrogens (tertiary/aromatic N) is 1. The molecule has 0 saturated heterocycles. The molecule has 1 aliphatic heterocycles. The van der Waals surface area contributed by atoms with Crippen molar-refractivity contribution in [2.75, 3.05) is 13.1 Å². The Balaban J connectivity index is 1.12. The molecule has 0 spiro atoms. The summed E-state index contributed by atoms with van der Waals surface area (Å²) in [5.41, 5.74) is 4.69. The third-order valence-electron chi connectivity index (χ3n) is 9.48. The fourth-order valence-corrected chi connectivity index (χ4v) is 6.68. The average molecular weight is 703 g/mol. The Kier molecular flexibility index (Phi) is 13.7. The fourth-order valence-electron chi connectivity index (χ4n) is 6.68. The Hall–Kier alpha value is -5.77. The van der Waals surface area contributed by atoms with Gasteiger partial charge in [-0.2, -0.15) is 0 Å². The number of nitrogens with one attached hydrogen (secondary N) is 3. The van der Waals surface area contributed by atoms with E-state index in [1.54, 1.807) is 17.0 Å². The van der Waals surface area contributed by atoms with Crippen LogP contribution in [0.15, 0.2) is 115 Å². The van der Waals surface area contributed by atoms with Crippen LogP contribution in [0.2, 0.25) is 0 Å². The number of rotatable bonds is 17. The van der Waals surface area contributed by atoms with Crippen molar-refractivity contribution in [1.29, 1.82) is 0 Å². The molecule has 0 saturated carbocycles. The lowest BCUT2D eigenvalue weighted by molar-refractivity contribution is -0.141. The first-order valence-electron chi connectivity index (χ1n) is 17.9. The van der Waals surface area contributed by atoms with E-state index in [-0.39, 0.29) is 42.8 Å². The SMILES string of the molecule is O=C(O)NC(CCCCNC(=O)C1Cc2ccccc2CN1C(=O)CCCC(=O)c1ccccc1)C(=O)NCC(c1ccccc1)c1ccccc1. The smallest absolute Gasteiger partial charge is 0.405 e. The van der Waals surface area contributed by atoms with Crippen LogP contribution in [0, 0.1) is 0 Å². The molecule has 0 radical (unpaired) electrons. The number of Topliss-reactive ketones (excluding diaryl/α,β-unsaturated/α-hetero) is 1. The Morgan fingerprint density at radius 1 is 0.692 bits per heavy atom. The third-order valence-corrected chi connectivity index (χ3v) is 9.48. The second-order valence-corrected chi connectivity index (χ2v) is 13.1. The average Bonchev–Trinajstić information content (AvgIpc) is 3.17. The van der Waals surface area contributed by atoms with Crippen molar-refractivity contribution < 1.29 is 29.1 Å². The van der Waals surface area contributed by atoms with Crippen molar-refractivity contribution >= 4 is 29.6 Å². The summed E-state index contributed by atoms with van der Waals surface area (Å²) in [5.74, 6) is -0.987. The zero-order valence-corrected chi connectivity index (χ0v) is 29.2. The summed E-state index contributed by atoms with van der Waals surface area (Å²) in [5, 5.41) is 17.7. The van der Waals surface area contributed by atoms with Gasteiger partial charge in [0.05, 0.1) is 0 Å². The number of unbranched alkanes of at least 4 members (excludes halogenated alkanes) is 1. The highest BCUT2D eigenvalue weighted by Crippen LogP contribution is 2.26. The first-order chi connectivity index (χ1) is 25.3. The van der Waals surface area contributed by atoms with Gasteiger partial charge in [0, 0.05) is 50.4 Å². The molecule has 0 bridgehead atoms. The van der Waals surface area contributed by atoms with Gasteiger partial charge in [0.15, 0.2) is 5.78 Å².